The van der Waals surface area contributed by atoms with Crippen LogP contribution in [0.15, 0.2) is 36.5 Å². The summed E-state index contributed by atoms with van der Waals surface area (Å²) in [7, 11) is 0. The minimum absolute atomic E-state index is 0.161. The Morgan fingerprint density at radius 2 is 1.84 bits per heavy atom. The lowest BCUT2D eigenvalue weighted by molar-refractivity contribution is -0.133. The van der Waals surface area contributed by atoms with Crippen LogP contribution in [0.25, 0.3) is 16.9 Å². The molecular formula is C24H29N5O2. The Bertz CT molecular complexity index is 1170. The molecular weight excluding hydrogens is 390 g/mol. The number of carbonyl (C=O) groups excluding carboxylic acids is 2. The van der Waals surface area contributed by atoms with E-state index in [4.69, 9.17) is 5.10 Å². The molecule has 0 atom stereocenters. The monoisotopic (exact) mass is 419 g/mol. The number of aromatic nitrogens is 3. The summed E-state index contributed by atoms with van der Waals surface area (Å²) < 4.78 is 1.69. The molecule has 0 radical (unpaired) electrons. The number of hydrogen-bond acceptors (Lipinski definition) is 4. The van der Waals surface area contributed by atoms with Crippen LogP contribution in [-0.4, -0.2) is 49.9 Å². The number of aryl methyl sites for hydroxylation is 1. The largest absolute Gasteiger partial charge is 0.352 e. The van der Waals surface area contributed by atoms with Gasteiger partial charge in [-0.1, -0.05) is 50.6 Å². The van der Waals surface area contributed by atoms with Gasteiger partial charge in [-0.05, 0) is 32.3 Å². The first-order valence-corrected chi connectivity index (χ1v) is 10.6. The molecule has 3 aromatic rings. The van der Waals surface area contributed by atoms with Crippen LogP contribution >= 0.6 is 0 Å². The Kier molecular flexibility index (Phi) is 4.87. The molecule has 31 heavy (non-hydrogen) atoms. The van der Waals surface area contributed by atoms with Gasteiger partial charge < -0.3 is 10.2 Å². The Morgan fingerprint density at radius 3 is 2.48 bits per heavy atom. The van der Waals surface area contributed by atoms with Crippen molar-refractivity contribution in [2.24, 2.45) is 0 Å². The number of nitrogens with zero attached hydrogens (tertiary/aromatic N) is 4. The molecule has 7 heteroatoms. The van der Waals surface area contributed by atoms with Gasteiger partial charge in [-0.2, -0.15) is 5.10 Å². The van der Waals surface area contributed by atoms with E-state index in [9.17, 15) is 9.59 Å². The maximum atomic E-state index is 13.3. The van der Waals surface area contributed by atoms with Crippen molar-refractivity contribution >= 4 is 17.5 Å². The van der Waals surface area contributed by atoms with E-state index in [-0.39, 0.29) is 17.2 Å². The number of amides is 2. The van der Waals surface area contributed by atoms with Crippen LogP contribution in [-0.2, 0) is 10.2 Å². The lowest BCUT2D eigenvalue weighted by atomic mass is 9.87. The number of nitrogens with one attached hydrogen (secondary N) is 1. The molecule has 1 fully saturated rings. The molecule has 1 saturated heterocycles. The second-order valence-corrected chi connectivity index (χ2v) is 9.73. The van der Waals surface area contributed by atoms with Crippen LogP contribution in [0, 0.1) is 6.92 Å². The van der Waals surface area contributed by atoms with Gasteiger partial charge in [0.2, 0.25) is 5.91 Å². The smallest absolute Gasteiger partial charge is 0.275 e. The fourth-order valence-corrected chi connectivity index (χ4v) is 3.89. The van der Waals surface area contributed by atoms with Crippen LogP contribution < -0.4 is 5.32 Å². The maximum Gasteiger partial charge on any atom is 0.275 e. The fourth-order valence-electron chi connectivity index (χ4n) is 3.89. The van der Waals surface area contributed by atoms with Crippen LogP contribution in [0.4, 0.5) is 0 Å². The average Bonchev–Trinajstić information content (AvgIpc) is 3.12. The molecule has 1 aliphatic rings. The van der Waals surface area contributed by atoms with Crippen molar-refractivity contribution in [2.45, 2.75) is 52.5 Å². The number of benzene rings is 1. The maximum absolute atomic E-state index is 13.3. The fraction of sp³-hybridized carbons (Fsp3) is 0.417. The van der Waals surface area contributed by atoms with Crippen molar-refractivity contribution < 1.29 is 9.59 Å². The van der Waals surface area contributed by atoms with Gasteiger partial charge in [0.1, 0.15) is 11.2 Å². The van der Waals surface area contributed by atoms with Gasteiger partial charge in [0, 0.05) is 24.2 Å². The topological polar surface area (TPSA) is 79.6 Å². The van der Waals surface area contributed by atoms with Crippen molar-refractivity contribution in [2.75, 3.05) is 13.1 Å². The molecule has 2 aromatic heterocycles. The van der Waals surface area contributed by atoms with Crippen molar-refractivity contribution in [1.82, 2.24) is 24.8 Å². The highest BCUT2D eigenvalue weighted by molar-refractivity contribution is 5.99. The number of carbonyl (C=O) groups is 2. The van der Waals surface area contributed by atoms with Crippen LogP contribution in [0.5, 0.6) is 0 Å². The molecule has 1 aliphatic heterocycles. The standard InChI is InChI=1S/C24H29N5O2/c1-15-7-9-16(10-8-15)18-13-17(23(2,3)4)20-26-19(14-29(20)27-18)21(30)28-12-11-25-22(31)24(28,5)6/h7-10,13-14H,11-12H2,1-6H3,(H,25,31). The Labute approximate surface area is 182 Å². The van der Waals surface area contributed by atoms with E-state index < -0.39 is 5.54 Å². The molecule has 0 spiro atoms. The van der Waals surface area contributed by atoms with Crippen molar-refractivity contribution in [3.05, 3.63) is 53.3 Å². The zero-order chi connectivity index (χ0) is 22.6. The highest BCUT2D eigenvalue weighted by Crippen LogP contribution is 2.30. The molecule has 0 saturated carbocycles. The molecule has 7 nitrogen and oxygen atoms in total. The van der Waals surface area contributed by atoms with E-state index in [2.05, 4.69) is 56.2 Å². The molecule has 0 bridgehead atoms. The minimum atomic E-state index is -0.932. The second kappa shape index (κ2) is 7.18. The summed E-state index contributed by atoms with van der Waals surface area (Å²) in [6.45, 7) is 12.8. The van der Waals surface area contributed by atoms with Gasteiger partial charge in [0.05, 0.1) is 11.9 Å². The SMILES string of the molecule is Cc1ccc(-c2cc(C(C)(C)C)c3nc(C(=O)N4CCNC(=O)C4(C)C)cn3n2)cc1. The predicted molar refractivity (Wildman–Crippen MR) is 120 cm³/mol. The molecule has 4 rings (SSSR count). The number of imidazole rings is 1. The van der Waals surface area contributed by atoms with Crippen LogP contribution in [0.2, 0.25) is 0 Å². The molecule has 3 heterocycles. The first-order valence-electron chi connectivity index (χ1n) is 10.6. The summed E-state index contributed by atoms with van der Waals surface area (Å²) in [5.41, 5.74) is 3.85. The number of rotatable bonds is 2. The number of hydrogen-bond donors (Lipinski definition) is 1. The van der Waals surface area contributed by atoms with Crippen LogP contribution in [0.1, 0.15) is 56.2 Å². The first-order chi connectivity index (χ1) is 14.5. The Hall–Kier alpha value is -3.22. The van der Waals surface area contributed by atoms with Crippen LogP contribution in [0.3, 0.4) is 0 Å². The molecule has 0 unspecified atom stereocenters. The summed E-state index contributed by atoms with van der Waals surface area (Å²) in [5.74, 6) is -0.423. The average molecular weight is 420 g/mol. The minimum Gasteiger partial charge on any atom is -0.352 e. The van der Waals surface area contributed by atoms with Gasteiger partial charge in [-0.15, -0.1) is 0 Å². The summed E-state index contributed by atoms with van der Waals surface area (Å²) >= 11 is 0. The zero-order valence-corrected chi connectivity index (χ0v) is 19.0. The summed E-state index contributed by atoms with van der Waals surface area (Å²) in [5, 5.41) is 7.58. The lowest BCUT2D eigenvalue weighted by Crippen LogP contribution is -2.63. The summed E-state index contributed by atoms with van der Waals surface area (Å²) in [4.78, 5) is 31.9. The van der Waals surface area contributed by atoms with E-state index in [1.807, 2.05) is 12.1 Å². The van der Waals surface area contributed by atoms with Gasteiger partial charge >= 0.3 is 0 Å². The van der Waals surface area contributed by atoms with E-state index in [0.29, 0.717) is 24.4 Å². The highest BCUT2D eigenvalue weighted by atomic mass is 16.2. The Balaban J connectivity index is 1.83. The first kappa shape index (κ1) is 21.0. The molecule has 0 aliphatic carbocycles. The lowest BCUT2D eigenvalue weighted by Gasteiger charge is -2.40. The van der Waals surface area contributed by atoms with Gasteiger partial charge in [-0.25, -0.2) is 9.50 Å². The second-order valence-electron chi connectivity index (χ2n) is 9.73. The predicted octanol–water partition coefficient (Wildman–Crippen LogP) is 3.35. The molecule has 1 N–H and O–H groups in total. The molecule has 162 valence electrons. The van der Waals surface area contributed by atoms with Crippen molar-refractivity contribution in [3.8, 4) is 11.3 Å². The quantitative estimate of drug-likeness (QED) is 0.691. The van der Waals surface area contributed by atoms with E-state index in [1.165, 1.54) is 5.56 Å². The third kappa shape index (κ3) is 3.69. The normalized spacial score (nSPS) is 16.5. The molecule has 2 amide bonds. The number of fused-ring (bicyclic) bond motifs is 1. The third-order valence-electron chi connectivity index (χ3n) is 5.90. The van der Waals surface area contributed by atoms with E-state index >= 15 is 0 Å². The van der Waals surface area contributed by atoms with Gasteiger partial charge in [-0.3, -0.25) is 9.59 Å². The van der Waals surface area contributed by atoms with Crippen molar-refractivity contribution in [3.63, 3.8) is 0 Å². The zero-order valence-electron chi connectivity index (χ0n) is 19.0. The Morgan fingerprint density at radius 1 is 1.16 bits per heavy atom. The van der Waals surface area contributed by atoms with Crippen molar-refractivity contribution in [1.29, 1.82) is 0 Å². The van der Waals surface area contributed by atoms with E-state index in [0.717, 1.165) is 16.8 Å². The van der Waals surface area contributed by atoms with Gasteiger partial charge in [0.15, 0.2) is 5.65 Å². The summed E-state index contributed by atoms with van der Waals surface area (Å²) in [6, 6.07) is 10.3. The van der Waals surface area contributed by atoms with E-state index in [1.54, 1.807) is 29.5 Å². The van der Waals surface area contributed by atoms with Gasteiger partial charge in [0.25, 0.3) is 5.91 Å². The number of piperazine rings is 1. The summed E-state index contributed by atoms with van der Waals surface area (Å²) in [6.07, 6.45) is 1.67. The highest BCUT2D eigenvalue weighted by Gasteiger charge is 2.41. The third-order valence-corrected chi connectivity index (χ3v) is 5.90. The molecule has 1 aromatic carbocycles.